The average molecular weight is 297 g/mol. The molecular weight excluding hydrogens is 274 g/mol. The number of hydrogen-bond acceptors (Lipinski definition) is 6. The molecule has 0 heterocycles. The summed E-state index contributed by atoms with van der Waals surface area (Å²) in [5.74, 6) is 0.392. The molecule has 0 fully saturated rings. The quantitative estimate of drug-likeness (QED) is 0.614. The molecular formula is C15H23NO5. The fourth-order valence-electron chi connectivity index (χ4n) is 1.64. The van der Waals surface area contributed by atoms with E-state index in [1.165, 1.54) is 26.4 Å². The lowest BCUT2D eigenvalue weighted by atomic mass is 10.1. The fraction of sp³-hybridized carbons (Fsp3) is 0.533. The van der Waals surface area contributed by atoms with E-state index in [0.717, 1.165) is 0 Å². The smallest absolute Gasteiger partial charge is 0.340 e. The van der Waals surface area contributed by atoms with Gasteiger partial charge in [-0.1, -0.05) is 0 Å². The van der Waals surface area contributed by atoms with Gasteiger partial charge < -0.3 is 24.7 Å². The van der Waals surface area contributed by atoms with Crippen LogP contribution in [0.15, 0.2) is 12.1 Å². The van der Waals surface area contributed by atoms with E-state index in [9.17, 15) is 4.79 Å². The van der Waals surface area contributed by atoms with Crippen molar-refractivity contribution in [3.05, 3.63) is 17.7 Å². The van der Waals surface area contributed by atoms with Crippen molar-refractivity contribution in [1.82, 2.24) is 0 Å². The van der Waals surface area contributed by atoms with E-state index < -0.39 is 5.97 Å². The minimum absolute atomic E-state index is 0.244. The van der Waals surface area contributed by atoms with Gasteiger partial charge in [0.25, 0.3) is 0 Å². The van der Waals surface area contributed by atoms with Crippen LogP contribution in [0.2, 0.25) is 0 Å². The van der Waals surface area contributed by atoms with Gasteiger partial charge in [0.15, 0.2) is 11.5 Å². The van der Waals surface area contributed by atoms with E-state index in [4.69, 9.17) is 24.7 Å². The molecule has 118 valence electrons. The van der Waals surface area contributed by atoms with E-state index in [1.807, 2.05) is 13.8 Å². The van der Waals surface area contributed by atoms with Crippen LogP contribution in [0, 0.1) is 0 Å². The van der Waals surface area contributed by atoms with Crippen LogP contribution in [-0.4, -0.2) is 39.5 Å². The Morgan fingerprint density at radius 3 is 2.24 bits per heavy atom. The zero-order valence-electron chi connectivity index (χ0n) is 13.2. The highest BCUT2D eigenvalue weighted by molar-refractivity contribution is 5.96. The summed E-state index contributed by atoms with van der Waals surface area (Å²) in [5.41, 5.74) is 6.03. The molecule has 1 aromatic carbocycles. The molecule has 0 atom stereocenters. The molecule has 0 aliphatic rings. The highest BCUT2D eigenvalue weighted by atomic mass is 16.5. The van der Waals surface area contributed by atoms with Gasteiger partial charge in [-0.15, -0.1) is 0 Å². The van der Waals surface area contributed by atoms with Crippen LogP contribution in [-0.2, 0) is 9.47 Å². The van der Waals surface area contributed by atoms with Gasteiger partial charge in [-0.3, -0.25) is 0 Å². The molecule has 0 saturated carbocycles. The molecule has 0 bridgehead atoms. The molecule has 2 N–H and O–H groups in total. The number of hydrogen-bond donors (Lipinski definition) is 1. The number of carbonyl (C=O) groups is 1. The SMILES string of the molecule is COc1cc(N)c(C(=O)OCCC(C)(C)OC)cc1OC. The van der Waals surface area contributed by atoms with Crippen LogP contribution in [0.25, 0.3) is 0 Å². The third kappa shape index (κ3) is 4.53. The lowest BCUT2D eigenvalue weighted by Crippen LogP contribution is -2.25. The monoisotopic (exact) mass is 297 g/mol. The second-order valence-corrected chi connectivity index (χ2v) is 5.14. The number of ether oxygens (including phenoxy) is 4. The van der Waals surface area contributed by atoms with Crippen LogP contribution >= 0.6 is 0 Å². The van der Waals surface area contributed by atoms with E-state index >= 15 is 0 Å². The third-order valence-corrected chi connectivity index (χ3v) is 3.27. The van der Waals surface area contributed by atoms with Crippen molar-refractivity contribution in [3.63, 3.8) is 0 Å². The molecule has 0 radical (unpaired) electrons. The number of carbonyl (C=O) groups excluding carboxylic acids is 1. The molecule has 1 rings (SSSR count). The van der Waals surface area contributed by atoms with E-state index in [1.54, 1.807) is 7.11 Å². The summed E-state index contributed by atoms with van der Waals surface area (Å²) in [6, 6.07) is 3.05. The molecule has 0 saturated heterocycles. The molecule has 0 aliphatic heterocycles. The number of benzene rings is 1. The first kappa shape index (κ1) is 17.1. The van der Waals surface area contributed by atoms with Crippen molar-refractivity contribution in [1.29, 1.82) is 0 Å². The number of anilines is 1. The largest absolute Gasteiger partial charge is 0.493 e. The summed E-state index contributed by atoms with van der Waals surface area (Å²) in [6.45, 7) is 4.09. The zero-order valence-corrected chi connectivity index (χ0v) is 13.2. The summed E-state index contributed by atoms with van der Waals surface area (Å²) < 4.78 is 20.8. The zero-order chi connectivity index (χ0) is 16.0. The maximum Gasteiger partial charge on any atom is 0.340 e. The highest BCUT2D eigenvalue weighted by Crippen LogP contribution is 2.32. The molecule has 0 spiro atoms. The van der Waals surface area contributed by atoms with Crippen molar-refractivity contribution >= 4 is 11.7 Å². The first-order valence-electron chi connectivity index (χ1n) is 6.58. The minimum atomic E-state index is -0.500. The topological polar surface area (TPSA) is 80.0 Å². The van der Waals surface area contributed by atoms with E-state index in [2.05, 4.69) is 0 Å². The Bertz CT molecular complexity index is 499. The van der Waals surface area contributed by atoms with Crippen LogP contribution in [0.4, 0.5) is 5.69 Å². The normalized spacial score (nSPS) is 11.1. The van der Waals surface area contributed by atoms with E-state index in [-0.39, 0.29) is 23.5 Å². The van der Waals surface area contributed by atoms with E-state index in [0.29, 0.717) is 17.9 Å². The molecule has 6 nitrogen and oxygen atoms in total. The lowest BCUT2D eigenvalue weighted by molar-refractivity contribution is -0.00560. The molecule has 0 aliphatic carbocycles. The van der Waals surface area contributed by atoms with Gasteiger partial charge in [-0.2, -0.15) is 0 Å². The van der Waals surface area contributed by atoms with Crippen molar-refractivity contribution < 1.29 is 23.7 Å². The Morgan fingerprint density at radius 2 is 1.71 bits per heavy atom. The molecule has 0 aromatic heterocycles. The first-order chi connectivity index (χ1) is 9.84. The molecule has 0 unspecified atom stereocenters. The van der Waals surface area contributed by atoms with Crippen LogP contribution in [0.5, 0.6) is 11.5 Å². The predicted octanol–water partition coefficient (Wildman–Crippen LogP) is 2.26. The molecule has 0 amide bonds. The van der Waals surface area contributed by atoms with Crippen LogP contribution in [0.3, 0.4) is 0 Å². The first-order valence-corrected chi connectivity index (χ1v) is 6.58. The van der Waals surface area contributed by atoms with Crippen LogP contribution in [0.1, 0.15) is 30.6 Å². The molecule has 1 aromatic rings. The Labute approximate surface area is 125 Å². The number of nitrogens with two attached hydrogens (primary N) is 1. The number of rotatable bonds is 7. The average Bonchev–Trinajstić information content (AvgIpc) is 2.46. The second kappa shape index (κ2) is 7.17. The summed E-state index contributed by atoms with van der Waals surface area (Å²) in [4.78, 5) is 12.1. The lowest BCUT2D eigenvalue weighted by Gasteiger charge is -2.22. The number of methoxy groups -OCH3 is 3. The van der Waals surface area contributed by atoms with Crippen molar-refractivity contribution in [2.24, 2.45) is 0 Å². The summed E-state index contributed by atoms with van der Waals surface area (Å²) in [5, 5.41) is 0. The van der Waals surface area contributed by atoms with Gasteiger partial charge in [0.2, 0.25) is 0 Å². The van der Waals surface area contributed by atoms with Gasteiger partial charge >= 0.3 is 5.97 Å². The number of esters is 1. The fourth-order valence-corrected chi connectivity index (χ4v) is 1.64. The highest BCUT2D eigenvalue weighted by Gasteiger charge is 2.19. The molecule has 21 heavy (non-hydrogen) atoms. The van der Waals surface area contributed by atoms with Gasteiger partial charge in [-0.05, 0) is 13.8 Å². The summed E-state index contributed by atoms with van der Waals surface area (Å²) in [6.07, 6.45) is 0.586. The predicted molar refractivity (Wildman–Crippen MR) is 79.9 cm³/mol. The molecule has 6 heteroatoms. The van der Waals surface area contributed by atoms with Gasteiger partial charge in [0.05, 0.1) is 37.7 Å². The van der Waals surface area contributed by atoms with Gasteiger partial charge in [0.1, 0.15) is 0 Å². The van der Waals surface area contributed by atoms with Crippen molar-refractivity contribution in [2.75, 3.05) is 33.7 Å². The maximum absolute atomic E-state index is 12.1. The third-order valence-electron chi connectivity index (χ3n) is 3.27. The number of nitrogen functional groups attached to an aromatic ring is 1. The standard InChI is InChI=1S/C15H23NO5/c1-15(2,20-5)6-7-21-14(17)10-8-12(18-3)13(19-4)9-11(10)16/h8-9H,6-7,16H2,1-5H3. The van der Waals surface area contributed by atoms with Gasteiger partial charge in [-0.25, -0.2) is 4.79 Å². The minimum Gasteiger partial charge on any atom is -0.493 e. The summed E-state index contributed by atoms with van der Waals surface area (Å²) in [7, 11) is 4.61. The Hall–Kier alpha value is -1.95. The van der Waals surface area contributed by atoms with Gasteiger partial charge in [0, 0.05) is 25.7 Å². The Morgan fingerprint density at radius 1 is 1.14 bits per heavy atom. The van der Waals surface area contributed by atoms with Crippen LogP contribution < -0.4 is 15.2 Å². The second-order valence-electron chi connectivity index (χ2n) is 5.14. The Balaban J connectivity index is 2.79. The Kier molecular flexibility index (Phi) is 5.84. The van der Waals surface area contributed by atoms with Crippen molar-refractivity contribution in [2.45, 2.75) is 25.9 Å². The summed E-state index contributed by atoms with van der Waals surface area (Å²) >= 11 is 0. The van der Waals surface area contributed by atoms with Crippen molar-refractivity contribution in [3.8, 4) is 11.5 Å². The maximum atomic E-state index is 12.1.